The first-order valence-corrected chi connectivity index (χ1v) is 8.58. The lowest BCUT2D eigenvalue weighted by molar-refractivity contribution is -0.524. The van der Waals surface area contributed by atoms with E-state index >= 15 is 0 Å². The fraction of sp³-hybridized carbons (Fsp3) is 0.632. The van der Waals surface area contributed by atoms with Crippen LogP contribution in [0.3, 0.4) is 0 Å². The molecule has 0 aliphatic heterocycles. The van der Waals surface area contributed by atoms with Gasteiger partial charge in [0, 0.05) is 0 Å². The van der Waals surface area contributed by atoms with Crippen LogP contribution in [0.25, 0.3) is 0 Å². The Hall–Kier alpha value is -1.31. The molecule has 0 saturated carbocycles. The third-order valence-electron chi connectivity index (χ3n) is 4.02. The normalized spacial score (nSPS) is 10.5. The molecule has 0 aliphatic carbocycles. The summed E-state index contributed by atoms with van der Waals surface area (Å²) < 4.78 is 2.44. The van der Waals surface area contributed by atoms with Crippen LogP contribution in [0.4, 0.5) is 5.69 Å². The van der Waals surface area contributed by atoms with E-state index in [1.807, 2.05) is 0 Å². The van der Waals surface area contributed by atoms with E-state index in [0.29, 0.717) is 0 Å². The molecule has 0 aliphatic rings. The van der Waals surface area contributed by atoms with Gasteiger partial charge in [-0.05, 0) is 62.8 Å². The SMILES string of the molecule is CCCCC[N+](=CNc1ccc(C)c(C)c1)CCCCC. The number of nitrogens with one attached hydrogen (secondary N) is 1. The third kappa shape index (κ3) is 7.31. The quantitative estimate of drug-likeness (QED) is 0.273. The summed E-state index contributed by atoms with van der Waals surface area (Å²) in [5, 5.41) is 3.47. The summed E-state index contributed by atoms with van der Waals surface area (Å²) >= 11 is 0. The Morgan fingerprint density at radius 1 is 0.905 bits per heavy atom. The molecule has 2 nitrogen and oxygen atoms in total. The molecule has 118 valence electrons. The van der Waals surface area contributed by atoms with Gasteiger partial charge in [-0.3, -0.25) is 4.58 Å². The molecule has 2 heteroatoms. The van der Waals surface area contributed by atoms with Crippen LogP contribution in [0.1, 0.15) is 63.5 Å². The van der Waals surface area contributed by atoms with Gasteiger partial charge < -0.3 is 0 Å². The van der Waals surface area contributed by atoms with Gasteiger partial charge in [-0.15, -0.1) is 0 Å². The van der Waals surface area contributed by atoms with Crippen LogP contribution in [0, 0.1) is 13.8 Å². The maximum atomic E-state index is 3.47. The topological polar surface area (TPSA) is 15.0 Å². The maximum absolute atomic E-state index is 3.47. The van der Waals surface area contributed by atoms with E-state index in [1.54, 1.807) is 0 Å². The van der Waals surface area contributed by atoms with Crippen LogP contribution in [-0.4, -0.2) is 24.0 Å². The van der Waals surface area contributed by atoms with Crippen molar-refractivity contribution < 1.29 is 4.58 Å². The molecule has 0 unspecified atom stereocenters. The largest absolute Gasteiger partial charge is 0.268 e. The van der Waals surface area contributed by atoms with Crippen molar-refractivity contribution in [3.05, 3.63) is 29.3 Å². The molecule has 0 fully saturated rings. The molecule has 1 N–H and O–H groups in total. The van der Waals surface area contributed by atoms with Crippen LogP contribution < -0.4 is 5.32 Å². The minimum Gasteiger partial charge on any atom is -0.268 e. The zero-order valence-corrected chi connectivity index (χ0v) is 14.4. The lowest BCUT2D eigenvalue weighted by Crippen LogP contribution is -2.20. The number of benzene rings is 1. The van der Waals surface area contributed by atoms with Crippen molar-refractivity contribution in [2.75, 3.05) is 18.4 Å². The van der Waals surface area contributed by atoms with E-state index in [1.165, 1.54) is 55.3 Å². The Morgan fingerprint density at radius 3 is 2.05 bits per heavy atom. The summed E-state index contributed by atoms with van der Waals surface area (Å²) in [6.07, 6.45) is 9.96. The number of rotatable bonds is 10. The van der Waals surface area contributed by atoms with Gasteiger partial charge >= 0.3 is 0 Å². The van der Waals surface area contributed by atoms with Crippen molar-refractivity contribution in [2.24, 2.45) is 0 Å². The third-order valence-corrected chi connectivity index (χ3v) is 4.02. The average molecular weight is 289 g/mol. The predicted octanol–water partition coefficient (Wildman–Crippen LogP) is 5.14. The second-order valence-electron chi connectivity index (χ2n) is 6.02. The summed E-state index contributed by atoms with van der Waals surface area (Å²) in [7, 11) is 0. The summed E-state index contributed by atoms with van der Waals surface area (Å²) in [6.45, 7) is 11.2. The van der Waals surface area contributed by atoms with Gasteiger partial charge in [-0.1, -0.05) is 32.8 Å². The fourth-order valence-electron chi connectivity index (χ4n) is 2.37. The molecule has 0 amide bonds. The van der Waals surface area contributed by atoms with Crippen molar-refractivity contribution >= 4 is 12.0 Å². The predicted molar refractivity (Wildman–Crippen MR) is 94.6 cm³/mol. The zero-order valence-electron chi connectivity index (χ0n) is 14.4. The van der Waals surface area contributed by atoms with Crippen LogP contribution in [0.5, 0.6) is 0 Å². The molecular weight excluding hydrogens is 256 g/mol. The Morgan fingerprint density at radius 2 is 1.52 bits per heavy atom. The average Bonchev–Trinajstić information content (AvgIpc) is 2.48. The Bertz CT molecular complexity index is 423. The standard InChI is InChI=1S/C19H32N2/c1-5-7-9-13-21(14-10-8-6-2)16-20-19-12-11-17(3)18(4)15-19/h11-12,15-16H,5-10,13-14H2,1-4H3/p+1. The van der Waals surface area contributed by atoms with Crippen LogP contribution >= 0.6 is 0 Å². The first kappa shape index (κ1) is 17.7. The molecule has 0 saturated heterocycles. The van der Waals surface area contributed by atoms with Crippen molar-refractivity contribution in [3.8, 4) is 0 Å². The highest BCUT2D eigenvalue weighted by atomic mass is 15.1. The Labute approximate surface area is 131 Å². The summed E-state index contributed by atoms with van der Waals surface area (Å²) in [5.74, 6) is 0. The number of unbranched alkanes of at least 4 members (excludes halogenated alkanes) is 4. The monoisotopic (exact) mass is 289 g/mol. The summed E-state index contributed by atoms with van der Waals surface area (Å²) in [4.78, 5) is 0. The highest BCUT2D eigenvalue weighted by Gasteiger charge is 2.03. The van der Waals surface area contributed by atoms with Gasteiger partial charge in [-0.25, -0.2) is 5.32 Å². The van der Waals surface area contributed by atoms with Gasteiger partial charge in [-0.2, -0.15) is 0 Å². The minimum absolute atomic E-state index is 1.16. The maximum Gasteiger partial charge on any atom is 0.237 e. The smallest absolute Gasteiger partial charge is 0.237 e. The minimum atomic E-state index is 1.16. The molecule has 0 radical (unpaired) electrons. The van der Waals surface area contributed by atoms with E-state index in [9.17, 15) is 0 Å². The Balaban J connectivity index is 2.59. The molecule has 0 aromatic heterocycles. The van der Waals surface area contributed by atoms with Crippen molar-refractivity contribution in [3.63, 3.8) is 0 Å². The number of hydrogen-bond acceptors (Lipinski definition) is 0. The first-order valence-electron chi connectivity index (χ1n) is 8.58. The van der Waals surface area contributed by atoms with E-state index in [-0.39, 0.29) is 0 Å². The molecule has 0 atom stereocenters. The van der Waals surface area contributed by atoms with E-state index in [4.69, 9.17) is 0 Å². The summed E-state index contributed by atoms with van der Waals surface area (Å²) in [6, 6.07) is 6.57. The van der Waals surface area contributed by atoms with E-state index in [2.05, 4.69) is 62.1 Å². The van der Waals surface area contributed by atoms with Crippen molar-refractivity contribution in [1.82, 2.24) is 0 Å². The lowest BCUT2D eigenvalue weighted by Gasteiger charge is -2.07. The van der Waals surface area contributed by atoms with Crippen LogP contribution in [0.2, 0.25) is 0 Å². The number of anilines is 1. The highest BCUT2D eigenvalue weighted by molar-refractivity contribution is 5.72. The van der Waals surface area contributed by atoms with Gasteiger partial charge in [0.05, 0.1) is 13.1 Å². The number of nitrogens with zero attached hydrogens (tertiary/aromatic N) is 1. The molecule has 1 aromatic carbocycles. The zero-order chi connectivity index (χ0) is 15.5. The summed E-state index contributed by atoms with van der Waals surface area (Å²) in [5.41, 5.74) is 3.88. The number of aryl methyl sites for hydroxylation is 2. The van der Waals surface area contributed by atoms with Crippen LogP contribution in [0.15, 0.2) is 18.2 Å². The van der Waals surface area contributed by atoms with Crippen molar-refractivity contribution in [1.29, 1.82) is 0 Å². The van der Waals surface area contributed by atoms with E-state index in [0.717, 1.165) is 13.1 Å². The molecule has 0 spiro atoms. The first-order chi connectivity index (χ1) is 10.2. The van der Waals surface area contributed by atoms with Gasteiger partial charge in [0.1, 0.15) is 5.69 Å². The van der Waals surface area contributed by atoms with Gasteiger partial charge in [0.25, 0.3) is 0 Å². The van der Waals surface area contributed by atoms with Gasteiger partial charge in [0.2, 0.25) is 6.34 Å². The Kier molecular flexibility index (Phi) is 8.80. The molecule has 1 aromatic rings. The molecule has 1 rings (SSSR count). The lowest BCUT2D eigenvalue weighted by atomic mass is 10.1. The number of hydrogen-bond donors (Lipinski definition) is 1. The van der Waals surface area contributed by atoms with Crippen LogP contribution in [-0.2, 0) is 0 Å². The van der Waals surface area contributed by atoms with Crippen molar-refractivity contribution in [2.45, 2.75) is 66.2 Å². The van der Waals surface area contributed by atoms with Gasteiger partial charge in [0.15, 0.2) is 0 Å². The second kappa shape index (κ2) is 10.4. The molecule has 21 heavy (non-hydrogen) atoms. The second-order valence-corrected chi connectivity index (χ2v) is 6.02. The van der Waals surface area contributed by atoms with E-state index < -0.39 is 0 Å². The molecule has 0 bridgehead atoms. The molecule has 0 heterocycles. The highest BCUT2D eigenvalue weighted by Crippen LogP contribution is 2.13. The molecular formula is C19H33N2+. The fourth-order valence-corrected chi connectivity index (χ4v) is 2.37.